The van der Waals surface area contributed by atoms with Crippen LogP contribution in [0.3, 0.4) is 0 Å². The number of aryl methyl sites for hydroxylation is 1. The van der Waals surface area contributed by atoms with Gasteiger partial charge in [-0.05, 0) is 59.5 Å². The number of nitrogens with two attached hydrogens (primary N) is 1. The maximum absolute atomic E-state index is 11.5. The highest BCUT2D eigenvalue weighted by Crippen LogP contribution is 2.24. The lowest BCUT2D eigenvalue weighted by Gasteiger charge is -2.33. The summed E-state index contributed by atoms with van der Waals surface area (Å²) < 4.78 is 3.97. The first kappa shape index (κ1) is 26.3. The monoisotopic (exact) mass is 548 g/mol. The standard InChI is InChI=1S/C32H32N6O3/c1-22-18-29(31(33)39)34-38(22)28-10-11-30-27(19-28)12-13-37(30)21-24-4-8-26(9-5-24)25-6-2-23(3-7-25)20-35-14-16-36(17-15-35)32(40)41/h2-13,18-19H,14-17,20-21H2,1H3,(H2,33,39)(H,40,41). The Balaban J connectivity index is 1.10. The molecule has 0 atom stereocenters. The van der Waals surface area contributed by atoms with E-state index in [2.05, 4.69) is 87.5 Å². The third-order valence-corrected chi connectivity index (χ3v) is 7.78. The van der Waals surface area contributed by atoms with E-state index in [4.69, 9.17) is 10.8 Å². The van der Waals surface area contributed by atoms with Crippen molar-refractivity contribution < 1.29 is 14.7 Å². The van der Waals surface area contributed by atoms with Gasteiger partial charge in [0.2, 0.25) is 0 Å². The number of fused-ring (bicyclic) bond motifs is 1. The van der Waals surface area contributed by atoms with Crippen LogP contribution in [0.5, 0.6) is 0 Å². The molecule has 41 heavy (non-hydrogen) atoms. The molecule has 0 saturated carbocycles. The molecule has 2 aromatic heterocycles. The maximum atomic E-state index is 11.5. The topological polar surface area (TPSA) is 110 Å². The molecule has 1 saturated heterocycles. The van der Waals surface area contributed by atoms with E-state index < -0.39 is 12.0 Å². The Kier molecular flexibility index (Phi) is 7.03. The van der Waals surface area contributed by atoms with Crippen LogP contribution in [0.4, 0.5) is 4.79 Å². The van der Waals surface area contributed by atoms with Gasteiger partial charge >= 0.3 is 6.09 Å². The quantitative estimate of drug-likeness (QED) is 0.305. The number of hydrogen-bond acceptors (Lipinski definition) is 4. The number of carbonyl (C=O) groups is 2. The molecule has 0 spiro atoms. The molecule has 2 amide bonds. The van der Waals surface area contributed by atoms with Crippen LogP contribution in [0.2, 0.25) is 0 Å². The van der Waals surface area contributed by atoms with Gasteiger partial charge in [-0.25, -0.2) is 9.48 Å². The van der Waals surface area contributed by atoms with Gasteiger partial charge < -0.3 is 20.3 Å². The number of piperazine rings is 1. The van der Waals surface area contributed by atoms with E-state index in [9.17, 15) is 9.59 Å². The molecule has 0 unspecified atom stereocenters. The second kappa shape index (κ2) is 10.9. The van der Waals surface area contributed by atoms with Crippen molar-refractivity contribution in [2.45, 2.75) is 20.0 Å². The molecule has 3 aromatic carbocycles. The van der Waals surface area contributed by atoms with Crippen LogP contribution in [0.25, 0.3) is 27.7 Å². The van der Waals surface area contributed by atoms with Crippen LogP contribution < -0.4 is 5.73 Å². The third kappa shape index (κ3) is 5.57. The minimum absolute atomic E-state index is 0.257. The average molecular weight is 549 g/mol. The van der Waals surface area contributed by atoms with Crippen LogP contribution in [0.1, 0.15) is 27.3 Å². The van der Waals surface area contributed by atoms with Crippen molar-refractivity contribution in [2.75, 3.05) is 26.2 Å². The molecule has 9 nitrogen and oxygen atoms in total. The van der Waals surface area contributed by atoms with Gasteiger partial charge in [-0.1, -0.05) is 48.5 Å². The minimum Gasteiger partial charge on any atom is -0.465 e. The summed E-state index contributed by atoms with van der Waals surface area (Å²) in [6.45, 7) is 6.12. The molecular formula is C32H32N6O3. The SMILES string of the molecule is Cc1cc(C(N)=O)nn1-c1ccc2c(ccn2Cc2ccc(-c3ccc(CN4CCN(C(=O)O)CC4)cc3)cc2)c1. The Morgan fingerprint density at radius 2 is 1.46 bits per heavy atom. The first-order valence-corrected chi connectivity index (χ1v) is 13.7. The van der Waals surface area contributed by atoms with Crippen molar-refractivity contribution in [3.63, 3.8) is 0 Å². The van der Waals surface area contributed by atoms with Gasteiger partial charge in [0, 0.05) is 62.1 Å². The van der Waals surface area contributed by atoms with Crippen LogP contribution in [-0.2, 0) is 13.1 Å². The van der Waals surface area contributed by atoms with Crippen LogP contribution in [-0.4, -0.2) is 67.4 Å². The first-order valence-electron chi connectivity index (χ1n) is 13.7. The molecule has 1 aliphatic heterocycles. The van der Waals surface area contributed by atoms with Crippen molar-refractivity contribution in [1.82, 2.24) is 24.1 Å². The zero-order chi connectivity index (χ0) is 28.5. The third-order valence-electron chi connectivity index (χ3n) is 7.78. The Hall–Kier alpha value is -4.89. The van der Waals surface area contributed by atoms with Gasteiger partial charge in [0.15, 0.2) is 5.69 Å². The number of carboxylic acid groups (broad SMARTS) is 1. The molecule has 0 bridgehead atoms. The molecule has 0 radical (unpaired) electrons. The lowest BCUT2D eigenvalue weighted by Crippen LogP contribution is -2.47. The summed E-state index contributed by atoms with van der Waals surface area (Å²) in [5.74, 6) is -0.535. The van der Waals surface area contributed by atoms with Crippen LogP contribution >= 0.6 is 0 Å². The smallest absolute Gasteiger partial charge is 0.407 e. The number of rotatable bonds is 7. The fourth-order valence-corrected chi connectivity index (χ4v) is 5.47. The summed E-state index contributed by atoms with van der Waals surface area (Å²) in [5.41, 5.74) is 13.3. The molecule has 1 aliphatic rings. The average Bonchev–Trinajstić information content (AvgIpc) is 3.57. The Bertz CT molecular complexity index is 1710. The number of hydrogen-bond donors (Lipinski definition) is 2. The lowest BCUT2D eigenvalue weighted by molar-refractivity contribution is 0.0993. The molecule has 208 valence electrons. The van der Waals surface area contributed by atoms with Crippen molar-refractivity contribution in [1.29, 1.82) is 0 Å². The highest BCUT2D eigenvalue weighted by molar-refractivity contribution is 5.91. The molecule has 6 rings (SSSR count). The van der Waals surface area contributed by atoms with Gasteiger partial charge in [-0.15, -0.1) is 0 Å². The fraction of sp³-hybridized carbons (Fsp3) is 0.219. The van der Waals surface area contributed by atoms with Crippen molar-refractivity contribution in [3.05, 3.63) is 108 Å². The molecule has 3 heterocycles. The summed E-state index contributed by atoms with van der Waals surface area (Å²) >= 11 is 0. The van der Waals surface area contributed by atoms with Crippen LogP contribution in [0, 0.1) is 6.92 Å². The molecule has 5 aromatic rings. The van der Waals surface area contributed by atoms with E-state index in [-0.39, 0.29) is 5.69 Å². The Labute approximate surface area is 238 Å². The summed E-state index contributed by atoms with van der Waals surface area (Å²) in [4.78, 5) is 26.4. The summed E-state index contributed by atoms with van der Waals surface area (Å²) in [6.07, 6.45) is 1.26. The molecular weight excluding hydrogens is 516 g/mol. The van der Waals surface area contributed by atoms with E-state index in [0.717, 1.165) is 48.5 Å². The zero-order valence-electron chi connectivity index (χ0n) is 22.9. The second-order valence-corrected chi connectivity index (χ2v) is 10.6. The lowest BCUT2D eigenvalue weighted by atomic mass is 10.0. The number of amides is 2. The fourth-order valence-electron chi connectivity index (χ4n) is 5.47. The number of primary amides is 1. The number of benzene rings is 3. The number of aromatic nitrogens is 3. The van der Waals surface area contributed by atoms with Gasteiger partial charge in [-0.2, -0.15) is 5.10 Å². The summed E-state index contributed by atoms with van der Waals surface area (Å²) in [5, 5.41) is 14.6. The molecule has 9 heteroatoms. The van der Waals surface area contributed by atoms with Gasteiger partial charge in [0.25, 0.3) is 5.91 Å². The van der Waals surface area contributed by atoms with E-state index in [0.29, 0.717) is 13.1 Å². The predicted molar refractivity (Wildman–Crippen MR) is 158 cm³/mol. The highest BCUT2D eigenvalue weighted by Gasteiger charge is 2.20. The van der Waals surface area contributed by atoms with E-state index in [1.165, 1.54) is 27.2 Å². The molecule has 1 fully saturated rings. The minimum atomic E-state index is -0.834. The van der Waals surface area contributed by atoms with E-state index in [1.54, 1.807) is 10.7 Å². The second-order valence-electron chi connectivity index (χ2n) is 10.6. The highest BCUT2D eigenvalue weighted by atomic mass is 16.4. The van der Waals surface area contributed by atoms with Crippen molar-refractivity contribution >= 4 is 22.9 Å². The predicted octanol–water partition coefficient (Wildman–Crippen LogP) is 4.75. The van der Waals surface area contributed by atoms with Gasteiger partial charge in [0.05, 0.1) is 5.69 Å². The maximum Gasteiger partial charge on any atom is 0.407 e. The molecule has 0 aliphatic carbocycles. The van der Waals surface area contributed by atoms with Gasteiger partial charge in [0.1, 0.15) is 0 Å². The summed E-state index contributed by atoms with van der Waals surface area (Å²) in [6, 6.07) is 27.2. The Morgan fingerprint density at radius 3 is 2.05 bits per heavy atom. The number of nitrogens with zero attached hydrogens (tertiary/aromatic N) is 5. The van der Waals surface area contributed by atoms with Crippen LogP contribution in [0.15, 0.2) is 85.1 Å². The number of carbonyl (C=O) groups excluding carboxylic acids is 1. The normalized spacial score (nSPS) is 14.0. The summed E-state index contributed by atoms with van der Waals surface area (Å²) in [7, 11) is 0. The van der Waals surface area contributed by atoms with E-state index >= 15 is 0 Å². The van der Waals surface area contributed by atoms with Crippen molar-refractivity contribution in [3.8, 4) is 16.8 Å². The Morgan fingerprint density at radius 1 is 0.829 bits per heavy atom. The molecule has 3 N–H and O–H groups in total. The van der Waals surface area contributed by atoms with Gasteiger partial charge in [-0.3, -0.25) is 9.69 Å². The van der Waals surface area contributed by atoms with Crippen molar-refractivity contribution in [2.24, 2.45) is 5.73 Å². The van der Waals surface area contributed by atoms with E-state index in [1.807, 2.05) is 13.0 Å². The largest absolute Gasteiger partial charge is 0.465 e. The zero-order valence-corrected chi connectivity index (χ0v) is 22.9. The first-order chi connectivity index (χ1) is 19.8.